The molecule has 1 aromatic rings. The van der Waals surface area contributed by atoms with E-state index in [2.05, 4.69) is 11.8 Å². The van der Waals surface area contributed by atoms with Gasteiger partial charge in [0.25, 0.3) is 0 Å². The quantitative estimate of drug-likeness (QED) is 0.768. The van der Waals surface area contributed by atoms with Crippen LogP contribution in [0.1, 0.15) is 12.5 Å². The number of ether oxygens (including phenoxy) is 2. The van der Waals surface area contributed by atoms with Gasteiger partial charge in [0.1, 0.15) is 5.75 Å². The molecule has 0 radical (unpaired) electrons. The molecule has 88 valence electrons. The summed E-state index contributed by atoms with van der Waals surface area (Å²) in [6.07, 6.45) is 0. The molecule has 1 heterocycles. The molecule has 0 saturated carbocycles. The Kier molecular flexibility index (Phi) is 3.43. The number of hydrogen-bond acceptors (Lipinski definition) is 4. The molecule has 2 rings (SSSR count). The van der Waals surface area contributed by atoms with Crippen LogP contribution in [-0.2, 0) is 16.2 Å². The van der Waals surface area contributed by atoms with Crippen molar-refractivity contribution >= 4 is 0 Å². The molecule has 1 fully saturated rings. The fourth-order valence-electron chi connectivity index (χ4n) is 1.61. The fraction of sp³-hybridized carbons (Fsp3) is 0.500. The summed E-state index contributed by atoms with van der Waals surface area (Å²) < 4.78 is 10.9. The van der Waals surface area contributed by atoms with Gasteiger partial charge >= 0.3 is 0 Å². The summed E-state index contributed by atoms with van der Waals surface area (Å²) in [5, 5.41) is 0. The number of hydrogen-bond donors (Lipinski definition) is 1. The molecule has 4 nitrogen and oxygen atoms in total. The van der Waals surface area contributed by atoms with Crippen molar-refractivity contribution in [2.24, 2.45) is 11.3 Å². The maximum atomic E-state index is 5.72. The highest BCUT2D eigenvalue weighted by Gasteiger charge is 2.34. The maximum absolute atomic E-state index is 5.72. The number of rotatable bonds is 5. The third kappa shape index (κ3) is 2.72. The molecule has 1 saturated heterocycles. The van der Waals surface area contributed by atoms with Crippen LogP contribution in [0.5, 0.6) is 5.75 Å². The van der Waals surface area contributed by atoms with E-state index < -0.39 is 0 Å². The lowest BCUT2D eigenvalue weighted by Gasteiger charge is -2.37. The summed E-state index contributed by atoms with van der Waals surface area (Å²) in [6.45, 7) is 4.79. The van der Waals surface area contributed by atoms with E-state index in [0.29, 0.717) is 13.2 Å². The summed E-state index contributed by atoms with van der Waals surface area (Å²) in [6, 6.07) is 7.76. The second-order valence-corrected chi connectivity index (χ2v) is 4.55. The van der Waals surface area contributed by atoms with Gasteiger partial charge in [0.2, 0.25) is 0 Å². The zero-order chi connectivity index (χ0) is 11.4. The third-order valence-electron chi connectivity index (χ3n) is 2.64. The van der Waals surface area contributed by atoms with E-state index in [9.17, 15) is 0 Å². The van der Waals surface area contributed by atoms with Crippen LogP contribution in [0.3, 0.4) is 0 Å². The van der Waals surface area contributed by atoms with Gasteiger partial charge in [-0.05, 0) is 17.7 Å². The molecule has 0 unspecified atom stereocenters. The van der Waals surface area contributed by atoms with Crippen molar-refractivity contribution in [1.82, 2.24) is 0 Å². The Morgan fingerprint density at radius 1 is 1.44 bits per heavy atom. The monoisotopic (exact) mass is 223 g/mol. The fourth-order valence-corrected chi connectivity index (χ4v) is 1.61. The Morgan fingerprint density at radius 2 is 2.25 bits per heavy atom. The van der Waals surface area contributed by atoms with Crippen LogP contribution in [0.2, 0.25) is 0 Å². The SMILES string of the molecule is CC1(COc2cccc(CON)c2)COC1. The molecule has 0 atom stereocenters. The molecule has 0 aromatic heterocycles. The van der Waals surface area contributed by atoms with Crippen LogP contribution in [-0.4, -0.2) is 19.8 Å². The van der Waals surface area contributed by atoms with Crippen molar-refractivity contribution in [2.45, 2.75) is 13.5 Å². The molecule has 0 aliphatic carbocycles. The average Bonchev–Trinajstić information content (AvgIpc) is 2.25. The molecule has 0 bridgehead atoms. The van der Waals surface area contributed by atoms with E-state index in [4.69, 9.17) is 15.4 Å². The highest BCUT2D eigenvalue weighted by Crippen LogP contribution is 2.27. The topological polar surface area (TPSA) is 53.7 Å². The second-order valence-electron chi connectivity index (χ2n) is 4.55. The van der Waals surface area contributed by atoms with Crippen molar-refractivity contribution in [1.29, 1.82) is 0 Å². The molecule has 1 aromatic carbocycles. The molecular formula is C12H17NO3. The van der Waals surface area contributed by atoms with E-state index in [0.717, 1.165) is 24.5 Å². The molecule has 0 amide bonds. The summed E-state index contributed by atoms with van der Waals surface area (Å²) in [4.78, 5) is 4.59. The Hall–Kier alpha value is -1.10. The van der Waals surface area contributed by atoms with Crippen LogP contribution >= 0.6 is 0 Å². The normalized spacial score (nSPS) is 17.9. The van der Waals surface area contributed by atoms with Crippen LogP contribution in [0, 0.1) is 5.41 Å². The first kappa shape index (κ1) is 11.4. The highest BCUT2D eigenvalue weighted by atomic mass is 16.6. The van der Waals surface area contributed by atoms with Gasteiger partial charge in [-0.15, -0.1) is 0 Å². The molecule has 16 heavy (non-hydrogen) atoms. The summed E-state index contributed by atoms with van der Waals surface area (Å²) >= 11 is 0. The molecule has 2 N–H and O–H groups in total. The molecule has 4 heteroatoms. The third-order valence-corrected chi connectivity index (χ3v) is 2.64. The summed E-state index contributed by atoms with van der Waals surface area (Å²) in [5.74, 6) is 5.88. The first-order valence-electron chi connectivity index (χ1n) is 5.33. The van der Waals surface area contributed by atoms with Crippen molar-refractivity contribution in [3.63, 3.8) is 0 Å². The number of benzene rings is 1. The minimum Gasteiger partial charge on any atom is -0.493 e. The Bertz CT molecular complexity index is 350. The number of nitrogens with two attached hydrogens (primary N) is 1. The summed E-state index contributed by atoms with van der Waals surface area (Å²) in [7, 11) is 0. The van der Waals surface area contributed by atoms with Gasteiger partial charge in [-0.2, -0.15) is 0 Å². The lowest BCUT2D eigenvalue weighted by Crippen LogP contribution is -2.44. The van der Waals surface area contributed by atoms with E-state index in [-0.39, 0.29) is 5.41 Å². The summed E-state index contributed by atoms with van der Waals surface area (Å²) in [5.41, 5.74) is 1.18. The molecule has 1 aliphatic heterocycles. The zero-order valence-electron chi connectivity index (χ0n) is 9.44. The van der Waals surface area contributed by atoms with Crippen molar-refractivity contribution in [2.75, 3.05) is 19.8 Å². The van der Waals surface area contributed by atoms with Gasteiger partial charge in [-0.25, -0.2) is 5.90 Å². The maximum Gasteiger partial charge on any atom is 0.119 e. The Morgan fingerprint density at radius 3 is 2.88 bits per heavy atom. The molecule has 0 spiro atoms. The lowest BCUT2D eigenvalue weighted by molar-refractivity contribution is -0.120. The minimum atomic E-state index is 0.167. The van der Waals surface area contributed by atoms with Crippen LogP contribution in [0.4, 0.5) is 0 Å². The zero-order valence-corrected chi connectivity index (χ0v) is 9.44. The van der Waals surface area contributed by atoms with E-state index in [1.54, 1.807) is 0 Å². The van der Waals surface area contributed by atoms with E-state index >= 15 is 0 Å². The minimum absolute atomic E-state index is 0.167. The van der Waals surface area contributed by atoms with Crippen molar-refractivity contribution in [3.8, 4) is 5.75 Å². The average molecular weight is 223 g/mol. The van der Waals surface area contributed by atoms with E-state index in [1.807, 2.05) is 24.3 Å². The van der Waals surface area contributed by atoms with E-state index in [1.165, 1.54) is 0 Å². The predicted octanol–water partition coefficient (Wildman–Crippen LogP) is 1.49. The first-order chi connectivity index (χ1) is 7.72. The second kappa shape index (κ2) is 4.82. The van der Waals surface area contributed by atoms with Crippen LogP contribution in [0.25, 0.3) is 0 Å². The van der Waals surface area contributed by atoms with Crippen molar-refractivity contribution < 1.29 is 14.3 Å². The Labute approximate surface area is 95.2 Å². The van der Waals surface area contributed by atoms with Crippen LogP contribution < -0.4 is 10.6 Å². The van der Waals surface area contributed by atoms with Gasteiger partial charge in [0.15, 0.2) is 0 Å². The van der Waals surface area contributed by atoms with Gasteiger partial charge in [-0.3, -0.25) is 4.84 Å². The largest absolute Gasteiger partial charge is 0.493 e. The lowest BCUT2D eigenvalue weighted by atomic mass is 9.90. The van der Waals surface area contributed by atoms with Gasteiger partial charge < -0.3 is 9.47 Å². The van der Waals surface area contributed by atoms with Crippen molar-refractivity contribution in [3.05, 3.63) is 29.8 Å². The molecule has 1 aliphatic rings. The van der Waals surface area contributed by atoms with Gasteiger partial charge in [-0.1, -0.05) is 19.1 Å². The molecular weight excluding hydrogens is 206 g/mol. The Balaban J connectivity index is 1.90. The standard InChI is InChI=1S/C12H17NO3/c1-12(7-14-8-12)9-15-11-4-2-3-10(5-11)6-16-13/h2-5H,6-9,13H2,1H3. The highest BCUT2D eigenvalue weighted by molar-refractivity contribution is 5.28. The van der Waals surface area contributed by atoms with Crippen LogP contribution in [0.15, 0.2) is 24.3 Å². The predicted molar refractivity (Wildman–Crippen MR) is 59.8 cm³/mol. The van der Waals surface area contributed by atoms with Gasteiger partial charge in [0, 0.05) is 5.41 Å². The first-order valence-corrected chi connectivity index (χ1v) is 5.33. The smallest absolute Gasteiger partial charge is 0.119 e. The van der Waals surface area contributed by atoms with Gasteiger partial charge in [0.05, 0.1) is 26.4 Å².